The van der Waals surface area contributed by atoms with Crippen molar-refractivity contribution in [2.24, 2.45) is 10.9 Å². The number of carbonyl (C=O) groups is 2. The molecule has 0 aliphatic heterocycles. The highest BCUT2D eigenvalue weighted by Gasteiger charge is 2.09. The lowest BCUT2D eigenvalue weighted by Crippen LogP contribution is -2.35. The fraction of sp³-hybridized carbons (Fsp3) is 0.111. The van der Waals surface area contributed by atoms with Crippen LogP contribution in [0.3, 0.4) is 0 Å². The molecule has 0 aliphatic rings. The first-order valence-corrected chi connectivity index (χ1v) is 6.04. The minimum absolute atomic E-state index is 0.0255. The van der Waals surface area contributed by atoms with E-state index in [1.165, 1.54) is 24.3 Å². The van der Waals surface area contributed by atoms with E-state index in [9.17, 15) is 18.0 Å². The van der Waals surface area contributed by atoms with Crippen molar-refractivity contribution in [2.75, 3.05) is 0 Å². The van der Waals surface area contributed by atoms with Gasteiger partial charge in [0, 0.05) is 6.54 Å². The van der Waals surface area contributed by atoms with Gasteiger partial charge in [-0.1, -0.05) is 12.1 Å². The number of rotatable bonds is 3. The predicted octanol–water partition coefficient (Wildman–Crippen LogP) is -1.56. The monoisotopic (exact) mass is 257 g/mol. The molecule has 0 unspecified atom stereocenters. The largest absolute Gasteiger partial charge is 0.361 e. The Bertz CT molecular complexity index is 536. The van der Waals surface area contributed by atoms with Crippen LogP contribution in [0.5, 0.6) is 0 Å². The highest BCUT2D eigenvalue weighted by molar-refractivity contribution is 7.89. The van der Waals surface area contributed by atoms with Crippen LogP contribution in [0.4, 0.5) is 0 Å². The smallest absolute Gasteiger partial charge is 0.309 e. The first-order valence-electron chi connectivity index (χ1n) is 4.50. The molecule has 8 heteroatoms. The number of nitrogens with two attached hydrogens (primary N) is 2. The summed E-state index contributed by atoms with van der Waals surface area (Å²) in [5.41, 5.74) is 5.35. The number of amides is 2. The second-order valence-electron chi connectivity index (χ2n) is 3.24. The van der Waals surface area contributed by atoms with Gasteiger partial charge in [-0.3, -0.25) is 9.59 Å². The quantitative estimate of drug-likeness (QED) is 0.564. The Hall–Kier alpha value is -1.93. The lowest BCUT2D eigenvalue weighted by atomic mass is 10.2. The van der Waals surface area contributed by atoms with Crippen molar-refractivity contribution >= 4 is 21.8 Å². The van der Waals surface area contributed by atoms with Crippen LogP contribution in [0, 0.1) is 0 Å². The highest BCUT2D eigenvalue weighted by atomic mass is 32.2. The van der Waals surface area contributed by atoms with E-state index in [4.69, 9.17) is 10.9 Å². The SMILES string of the molecule is NC(=O)C(=O)NCc1ccc(S(N)(=O)=O)cc1. The summed E-state index contributed by atoms with van der Waals surface area (Å²) in [6, 6.07) is 5.56. The Morgan fingerprint density at radius 1 is 1.18 bits per heavy atom. The molecule has 5 N–H and O–H groups in total. The van der Waals surface area contributed by atoms with Crippen molar-refractivity contribution in [2.45, 2.75) is 11.4 Å². The van der Waals surface area contributed by atoms with Crippen molar-refractivity contribution in [3.05, 3.63) is 29.8 Å². The van der Waals surface area contributed by atoms with Gasteiger partial charge in [0.25, 0.3) is 0 Å². The molecule has 0 bridgehead atoms. The molecule has 0 aliphatic carbocycles. The number of sulfonamides is 1. The molecule has 0 atom stereocenters. The molecule has 2 amide bonds. The van der Waals surface area contributed by atoms with Gasteiger partial charge in [-0.25, -0.2) is 13.6 Å². The van der Waals surface area contributed by atoms with Gasteiger partial charge in [-0.05, 0) is 17.7 Å². The predicted molar refractivity (Wildman–Crippen MR) is 58.9 cm³/mol. The van der Waals surface area contributed by atoms with E-state index >= 15 is 0 Å². The van der Waals surface area contributed by atoms with E-state index in [2.05, 4.69) is 5.32 Å². The molecule has 0 saturated heterocycles. The molecular weight excluding hydrogens is 246 g/mol. The van der Waals surface area contributed by atoms with Crippen LogP contribution < -0.4 is 16.2 Å². The fourth-order valence-corrected chi connectivity index (χ4v) is 1.58. The maximum absolute atomic E-state index is 10.9. The van der Waals surface area contributed by atoms with Gasteiger partial charge in [-0.2, -0.15) is 0 Å². The Morgan fingerprint density at radius 3 is 2.12 bits per heavy atom. The Labute approximate surface area is 97.8 Å². The summed E-state index contributed by atoms with van der Waals surface area (Å²) >= 11 is 0. The topological polar surface area (TPSA) is 132 Å². The summed E-state index contributed by atoms with van der Waals surface area (Å²) in [4.78, 5) is 21.2. The Balaban J connectivity index is 2.70. The summed E-state index contributed by atoms with van der Waals surface area (Å²) in [7, 11) is -3.73. The van der Waals surface area contributed by atoms with E-state index in [-0.39, 0.29) is 11.4 Å². The summed E-state index contributed by atoms with van der Waals surface area (Å²) in [6.45, 7) is 0.0761. The third kappa shape index (κ3) is 3.85. The van der Waals surface area contributed by atoms with Crippen LogP contribution in [-0.2, 0) is 26.2 Å². The van der Waals surface area contributed by atoms with Crippen LogP contribution in [0.25, 0.3) is 0 Å². The molecule has 92 valence electrons. The number of hydrogen-bond donors (Lipinski definition) is 3. The first kappa shape index (κ1) is 13.1. The number of primary amides is 1. The average Bonchev–Trinajstić information content (AvgIpc) is 2.25. The van der Waals surface area contributed by atoms with Crippen LogP contribution in [0.15, 0.2) is 29.2 Å². The van der Waals surface area contributed by atoms with Crippen molar-refractivity contribution in [3.63, 3.8) is 0 Å². The van der Waals surface area contributed by atoms with E-state index in [1.807, 2.05) is 0 Å². The zero-order valence-corrected chi connectivity index (χ0v) is 9.53. The van der Waals surface area contributed by atoms with Gasteiger partial charge in [0.05, 0.1) is 4.90 Å². The molecule has 7 nitrogen and oxygen atoms in total. The van der Waals surface area contributed by atoms with Gasteiger partial charge in [0.15, 0.2) is 0 Å². The lowest BCUT2D eigenvalue weighted by molar-refractivity contribution is -0.137. The van der Waals surface area contributed by atoms with E-state index in [1.54, 1.807) is 0 Å². The van der Waals surface area contributed by atoms with E-state index in [0.29, 0.717) is 5.56 Å². The number of benzene rings is 1. The minimum Gasteiger partial charge on any atom is -0.361 e. The summed E-state index contributed by atoms with van der Waals surface area (Å²) < 4.78 is 21.9. The number of carbonyl (C=O) groups excluding carboxylic acids is 2. The van der Waals surface area contributed by atoms with Crippen molar-refractivity contribution in [1.29, 1.82) is 0 Å². The first-order chi connectivity index (χ1) is 7.80. The molecule has 0 fully saturated rings. The van der Waals surface area contributed by atoms with Crippen LogP contribution in [0.1, 0.15) is 5.56 Å². The molecule has 0 radical (unpaired) electrons. The minimum atomic E-state index is -3.73. The van der Waals surface area contributed by atoms with Crippen LogP contribution in [-0.4, -0.2) is 20.2 Å². The zero-order chi connectivity index (χ0) is 13.1. The lowest BCUT2D eigenvalue weighted by Gasteiger charge is -2.03. The van der Waals surface area contributed by atoms with E-state index in [0.717, 1.165) is 0 Å². The van der Waals surface area contributed by atoms with E-state index < -0.39 is 21.8 Å². The third-order valence-corrected chi connectivity index (χ3v) is 2.86. The molecule has 17 heavy (non-hydrogen) atoms. The van der Waals surface area contributed by atoms with Gasteiger partial charge in [0.2, 0.25) is 10.0 Å². The van der Waals surface area contributed by atoms with Crippen LogP contribution in [0.2, 0.25) is 0 Å². The van der Waals surface area contributed by atoms with Gasteiger partial charge < -0.3 is 11.1 Å². The van der Waals surface area contributed by atoms with Gasteiger partial charge >= 0.3 is 11.8 Å². The van der Waals surface area contributed by atoms with Gasteiger partial charge in [-0.15, -0.1) is 0 Å². The number of hydrogen-bond acceptors (Lipinski definition) is 4. The molecule has 1 aromatic carbocycles. The van der Waals surface area contributed by atoms with Crippen molar-refractivity contribution in [3.8, 4) is 0 Å². The second kappa shape index (κ2) is 4.93. The average molecular weight is 257 g/mol. The van der Waals surface area contributed by atoms with Crippen molar-refractivity contribution < 1.29 is 18.0 Å². The van der Waals surface area contributed by atoms with Crippen molar-refractivity contribution in [1.82, 2.24) is 5.32 Å². The molecule has 1 rings (SSSR count). The summed E-state index contributed by atoms with van der Waals surface area (Å²) in [5, 5.41) is 7.17. The molecule has 0 heterocycles. The Morgan fingerprint density at radius 2 is 1.71 bits per heavy atom. The molecule has 0 aromatic heterocycles. The molecule has 0 saturated carbocycles. The Kier molecular flexibility index (Phi) is 3.81. The number of nitrogens with one attached hydrogen (secondary N) is 1. The second-order valence-corrected chi connectivity index (χ2v) is 4.80. The zero-order valence-electron chi connectivity index (χ0n) is 8.71. The van der Waals surface area contributed by atoms with Crippen LogP contribution >= 0.6 is 0 Å². The highest BCUT2D eigenvalue weighted by Crippen LogP contribution is 2.08. The summed E-state index contributed by atoms with van der Waals surface area (Å²) in [5.74, 6) is -1.98. The number of primary sulfonamides is 1. The van der Waals surface area contributed by atoms with Gasteiger partial charge in [0.1, 0.15) is 0 Å². The summed E-state index contributed by atoms with van der Waals surface area (Å²) in [6.07, 6.45) is 0. The molecule has 0 spiro atoms. The maximum atomic E-state index is 10.9. The molecular formula is C9H11N3O4S. The maximum Gasteiger partial charge on any atom is 0.309 e. The fourth-order valence-electron chi connectivity index (χ4n) is 1.07. The standard InChI is InChI=1S/C9H11N3O4S/c10-8(13)9(14)12-5-6-1-3-7(4-2-6)17(11,15)16/h1-4H,5H2,(H2,10,13)(H,12,14)(H2,11,15,16). The third-order valence-electron chi connectivity index (χ3n) is 1.93. The molecule has 1 aromatic rings. The normalized spacial score (nSPS) is 10.9.